The van der Waals surface area contributed by atoms with Gasteiger partial charge < -0.3 is 10.4 Å². The molecule has 0 radical (unpaired) electrons. The Labute approximate surface area is 216 Å². The predicted octanol–water partition coefficient (Wildman–Crippen LogP) is 4.83. The molecule has 2 amide bonds. The van der Waals surface area contributed by atoms with Crippen LogP contribution in [0.4, 0.5) is 5.69 Å². The van der Waals surface area contributed by atoms with Gasteiger partial charge in [0, 0.05) is 11.2 Å². The molecular weight excluding hydrogens is 466 g/mol. The largest absolute Gasteiger partial charge is 0.508 e. The summed E-state index contributed by atoms with van der Waals surface area (Å²) in [5, 5.41) is 21.4. The maximum Gasteiger partial charge on any atom is 0.249 e. The van der Waals surface area contributed by atoms with Gasteiger partial charge in [0.15, 0.2) is 0 Å². The number of carbonyl (C=O) groups excluding carboxylic acids is 2. The number of aryl methyl sites for hydroxylation is 2. The van der Waals surface area contributed by atoms with Gasteiger partial charge in [0.1, 0.15) is 23.9 Å². The fourth-order valence-corrected chi connectivity index (χ4v) is 4.33. The Hall–Kier alpha value is -4.20. The van der Waals surface area contributed by atoms with Crippen LogP contribution in [0.1, 0.15) is 49.9 Å². The molecule has 8 nitrogen and oxygen atoms in total. The van der Waals surface area contributed by atoms with Gasteiger partial charge in [0.2, 0.25) is 11.8 Å². The number of benzene rings is 3. The lowest BCUT2D eigenvalue weighted by Crippen LogP contribution is -2.51. The molecule has 0 unspecified atom stereocenters. The normalized spacial score (nSPS) is 12.4. The first-order valence-corrected chi connectivity index (χ1v) is 12.4. The number of fused-ring (bicyclic) bond motifs is 1. The number of hydrogen-bond donors (Lipinski definition) is 2. The number of phenolic OH excluding ortho intramolecular Hbond substituents is 1. The van der Waals surface area contributed by atoms with Crippen LogP contribution in [0.5, 0.6) is 5.75 Å². The third-order valence-corrected chi connectivity index (χ3v) is 6.52. The average Bonchev–Trinajstić information content (AvgIpc) is 3.25. The van der Waals surface area contributed by atoms with Crippen molar-refractivity contribution in [2.45, 2.75) is 59.2 Å². The highest BCUT2D eigenvalue weighted by atomic mass is 16.3. The summed E-state index contributed by atoms with van der Waals surface area (Å²) in [6.07, 6.45) is 0.712. The molecule has 0 saturated carbocycles. The van der Waals surface area contributed by atoms with Crippen molar-refractivity contribution in [1.82, 2.24) is 20.3 Å². The number of anilines is 1. The summed E-state index contributed by atoms with van der Waals surface area (Å²) in [7, 11) is 0. The molecule has 192 valence electrons. The van der Waals surface area contributed by atoms with Gasteiger partial charge in [-0.15, -0.1) is 5.10 Å². The third-order valence-electron chi connectivity index (χ3n) is 6.52. The quantitative estimate of drug-likeness (QED) is 0.362. The minimum Gasteiger partial charge on any atom is -0.508 e. The highest BCUT2D eigenvalue weighted by molar-refractivity contribution is 6.01. The minimum absolute atomic E-state index is 0.0789. The fraction of sp³-hybridized carbons (Fsp3) is 0.310. The van der Waals surface area contributed by atoms with E-state index in [0.717, 1.165) is 16.6 Å². The highest BCUT2D eigenvalue weighted by Crippen LogP contribution is 2.32. The number of rotatable bonds is 8. The maximum absolute atomic E-state index is 14.1. The molecule has 4 rings (SSSR count). The van der Waals surface area contributed by atoms with Crippen molar-refractivity contribution in [2.24, 2.45) is 0 Å². The molecule has 0 saturated heterocycles. The van der Waals surface area contributed by atoms with E-state index in [9.17, 15) is 14.7 Å². The monoisotopic (exact) mass is 499 g/mol. The van der Waals surface area contributed by atoms with Crippen LogP contribution in [0, 0.1) is 13.8 Å². The molecule has 37 heavy (non-hydrogen) atoms. The van der Waals surface area contributed by atoms with E-state index in [1.54, 1.807) is 16.8 Å². The molecule has 0 bridgehead atoms. The van der Waals surface area contributed by atoms with Gasteiger partial charge in [0.05, 0.1) is 5.52 Å². The Morgan fingerprint density at radius 2 is 1.68 bits per heavy atom. The second-order valence-corrected chi connectivity index (χ2v) is 10.1. The van der Waals surface area contributed by atoms with Crippen LogP contribution >= 0.6 is 0 Å². The summed E-state index contributed by atoms with van der Waals surface area (Å²) < 4.78 is 1.55. The molecule has 3 aromatic carbocycles. The molecule has 1 heterocycles. The zero-order valence-electron chi connectivity index (χ0n) is 21.9. The lowest BCUT2D eigenvalue weighted by molar-refractivity contribution is -0.128. The van der Waals surface area contributed by atoms with Crippen LogP contribution in [-0.4, -0.2) is 37.5 Å². The van der Waals surface area contributed by atoms with Crippen molar-refractivity contribution in [3.05, 3.63) is 83.4 Å². The fourth-order valence-electron chi connectivity index (χ4n) is 4.33. The third kappa shape index (κ3) is 5.80. The van der Waals surface area contributed by atoms with Crippen LogP contribution in [0.3, 0.4) is 0 Å². The van der Waals surface area contributed by atoms with Crippen LogP contribution in [0.25, 0.3) is 11.0 Å². The number of nitrogens with zero attached hydrogens (tertiary/aromatic N) is 4. The van der Waals surface area contributed by atoms with E-state index in [2.05, 4.69) is 15.6 Å². The summed E-state index contributed by atoms with van der Waals surface area (Å²) in [5.41, 5.74) is 4.06. The topological polar surface area (TPSA) is 100 Å². The first kappa shape index (κ1) is 25.9. The molecule has 4 aromatic rings. The van der Waals surface area contributed by atoms with Crippen molar-refractivity contribution in [3.8, 4) is 5.75 Å². The summed E-state index contributed by atoms with van der Waals surface area (Å²) in [6, 6.07) is 18.7. The first-order valence-electron chi connectivity index (χ1n) is 12.4. The van der Waals surface area contributed by atoms with Gasteiger partial charge >= 0.3 is 0 Å². The van der Waals surface area contributed by atoms with Gasteiger partial charge in [0.25, 0.3) is 0 Å². The Balaban J connectivity index is 1.85. The number of amides is 2. The summed E-state index contributed by atoms with van der Waals surface area (Å²) in [4.78, 5) is 29.5. The Kier molecular flexibility index (Phi) is 7.29. The molecule has 8 heteroatoms. The SMILES string of the molecule is CCC(C)(C)NC(=O)[C@H](c1ccc(O)cc1)N(C(=O)Cn1nnc2ccccc21)c1cc(C)cc(C)c1. The van der Waals surface area contributed by atoms with E-state index in [1.165, 1.54) is 17.0 Å². The molecule has 0 fully saturated rings. The number of aromatic nitrogens is 3. The van der Waals surface area contributed by atoms with Crippen molar-refractivity contribution in [3.63, 3.8) is 0 Å². The van der Waals surface area contributed by atoms with Gasteiger partial charge in [-0.05, 0) is 87.2 Å². The molecule has 2 N–H and O–H groups in total. The van der Waals surface area contributed by atoms with E-state index >= 15 is 0 Å². The van der Waals surface area contributed by atoms with Crippen LogP contribution in [-0.2, 0) is 16.1 Å². The molecule has 0 aliphatic rings. The lowest BCUT2D eigenvalue weighted by Gasteiger charge is -2.35. The van der Waals surface area contributed by atoms with Gasteiger partial charge in [-0.25, -0.2) is 4.68 Å². The number of para-hydroxylation sites is 1. The Bertz CT molecular complexity index is 1410. The summed E-state index contributed by atoms with van der Waals surface area (Å²) >= 11 is 0. The molecular formula is C29H33N5O3. The Morgan fingerprint density at radius 3 is 2.32 bits per heavy atom. The predicted molar refractivity (Wildman–Crippen MR) is 144 cm³/mol. The lowest BCUT2D eigenvalue weighted by atomic mass is 9.97. The minimum atomic E-state index is -0.977. The van der Waals surface area contributed by atoms with Crippen LogP contribution in [0.15, 0.2) is 66.7 Å². The number of nitrogens with one attached hydrogen (secondary N) is 1. The first-order chi connectivity index (χ1) is 17.6. The molecule has 1 aromatic heterocycles. The summed E-state index contributed by atoms with van der Waals surface area (Å²) in [6.45, 7) is 9.71. The van der Waals surface area contributed by atoms with E-state index < -0.39 is 11.6 Å². The van der Waals surface area contributed by atoms with E-state index in [0.29, 0.717) is 23.2 Å². The van der Waals surface area contributed by atoms with Crippen molar-refractivity contribution >= 4 is 28.5 Å². The number of hydrogen-bond acceptors (Lipinski definition) is 5. The average molecular weight is 500 g/mol. The zero-order chi connectivity index (χ0) is 26.7. The van der Waals surface area contributed by atoms with E-state index in [4.69, 9.17) is 0 Å². The van der Waals surface area contributed by atoms with Crippen molar-refractivity contribution < 1.29 is 14.7 Å². The van der Waals surface area contributed by atoms with E-state index in [1.807, 2.05) is 77.1 Å². The van der Waals surface area contributed by atoms with Crippen molar-refractivity contribution in [1.29, 1.82) is 0 Å². The van der Waals surface area contributed by atoms with E-state index in [-0.39, 0.29) is 24.1 Å². The molecule has 0 aliphatic carbocycles. The van der Waals surface area contributed by atoms with Gasteiger partial charge in [-0.1, -0.05) is 42.5 Å². The molecule has 0 spiro atoms. The van der Waals surface area contributed by atoms with Crippen molar-refractivity contribution in [2.75, 3.05) is 4.90 Å². The number of carbonyl (C=O) groups is 2. The van der Waals surface area contributed by atoms with Gasteiger partial charge in [-0.2, -0.15) is 0 Å². The Morgan fingerprint density at radius 1 is 1.03 bits per heavy atom. The number of phenols is 1. The standard InChI is InChI=1S/C29H33N5O3/c1-6-29(4,5)30-28(37)27(21-11-13-23(35)14-12-21)34(22-16-19(2)15-20(3)17-22)26(36)18-33-25-10-8-7-9-24(25)31-32-33/h7-17,27,35H,6,18H2,1-5H3,(H,30,37)/t27-/m0/s1. The molecule has 0 aliphatic heterocycles. The smallest absolute Gasteiger partial charge is 0.249 e. The van der Waals surface area contributed by atoms with Crippen LogP contribution in [0.2, 0.25) is 0 Å². The second kappa shape index (κ2) is 10.4. The number of aromatic hydroxyl groups is 1. The highest BCUT2D eigenvalue weighted by Gasteiger charge is 2.35. The zero-order valence-corrected chi connectivity index (χ0v) is 21.9. The second-order valence-electron chi connectivity index (χ2n) is 10.1. The summed E-state index contributed by atoms with van der Waals surface area (Å²) in [5.74, 6) is -0.549. The van der Waals surface area contributed by atoms with Crippen LogP contribution < -0.4 is 10.2 Å². The molecule has 1 atom stereocenters. The maximum atomic E-state index is 14.1. The van der Waals surface area contributed by atoms with Gasteiger partial charge in [-0.3, -0.25) is 14.5 Å².